The molecule has 2 atom stereocenters. The highest BCUT2D eigenvalue weighted by Crippen LogP contribution is 2.37. The van der Waals surface area contributed by atoms with E-state index in [2.05, 4.69) is 92.9 Å². The maximum atomic E-state index is 2.67. The molecule has 2 aliphatic rings. The van der Waals surface area contributed by atoms with Crippen LogP contribution in [0.25, 0.3) is 0 Å². The monoisotopic (exact) mass is 426 g/mol. The van der Waals surface area contributed by atoms with Crippen molar-refractivity contribution in [3.8, 4) is 0 Å². The van der Waals surface area contributed by atoms with Crippen molar-refractivity contribution in [2.24, 2.45) is 16.7 Å². The van der Waals surface area contributed by atoms with E-state index in [0.717, 1.165) is 12.0 Å². The van der Waals surface area contributed by atoms with Gasteiger partial charge in [-0.25, -0.2) is 0 Å². The van der Waals surface area contributed by atoms with Gasteiger partial charge in [0, 0.05) is 23.7 Å². The van der Waals surface area contributed by atoms with Crippen molar-refractivity contribution in [1.82, 2.24) is 9.80 Å². The Morgan fingerprint density at radius 2 is 1.03 bits per heavy atom. The lowest BCUT2D eigenvalue weighted by molar-refractivity contribution is 0.0582. The lowest BCUT2D eigenvalue weighted by Crippen LogP contribution is -2.49. The number of nitrogens with zero attached hydrogens (tertiary/aromatic N) is 2. The molecular weight excluding hydrogens is 364 g/mol. The van der Waals surface area contributed by atoms with Crippen LogP contribution >= 0.6 is 0 Å². The van der Waals surface area contributed by atoms with Crippen LogP contribution in [0.2, 0.25) is 0 Å². The maximum absolute atomic E-state index is 2.67. The van der Waals surface area contributed by atoms with Gasteiger partial charge in [0.05, 0.1) is 0 Å². The van der Waals surface area contributed by atoms with E-state index in [1.54, 1.807) is 0 Å². The summed E-state index contributed by atoms with van der Waals surface area (Å²) in [5.74, 6) is 0.881. The summed E-state index contributed by atoms with van der Waals surface area (Å²) in [7, 11) is 0. The maximum Gasteiger partial charge on any atom is 0.0149 e. The fraction of sp³-hybridized carbons (Fsp3) is 1.00. The second-order valence-electron chi connectivity index (χ2n) is 12.9. The average Bonchev–Trinajstić information content (AvgIpc) is 3.27. The van der Waals surface area contributed by atoms with Crippen LogP contribution in [-0.4, -0.2) is 46.6 Å². The third-order valence-electron chi connectivity index (χ3n) is 6.48. The minimum Gasteiger partial charge on any atom is -0.298 e. The van der Waals surface area contributed by atoms with Crippen LogP contribution < -0.4 is 0 Å². The molecular formula is C28H62N2. The van der Waals surface area contributed by atoms with E-state index in [4.69, 9.17) is 0 Å². The van der Waals surface area contributed by atoms with Crippen LogP contribution in [-0.2, 0) is 0 Å². The fourth-order valence-electron chi connectivity index (χ4n) is 4.55. The molecule has 0 saturated carbocycles. The van der Waals surface area contributed by atoms with Crippen LogP contribution in [0.1, 0.15) is 130 Å². The van der Waals surface area contributed by atoms with Crippen LogP contribution in [0.4, 0.5) is 0 Å². The van der Waals surface area contributed by atoms with Crippen LogP contribution in [0.3, 0.4) is 0 Å². The number of hydrogen-bond donors (Lipinski definition) is 0. The third kappa shape index (κ3) is 11.0. The summed E-state index contributed by atoms with van der Waals surface area (Å²) >= 11 is 0. The molecule has 2 heteroatoms. The van der Waals surface area contributed by atoms with E-state index in [9.17, 15) is 0 Å². The molecule has 2 rings (SSSR count). The first-order valence-corrected chi connectivity index (χ1v) is 13.0. The van der Waals surface area contributed by atoms with Crippen LogP contribution in [0.5, 0.6) is 0 Å². The van der Waals surface area contributed by atoms with Gasteiger partial charge in [0.15, 0.2) is 0 Å². The molecule has 0 aromatic heterocycles. The first kappa shape index (κ1) is 32.1. The molecule has 0 aromatic rings. The minimum atomic E-state index is 0.342. The summed E-state index contributed by atoms with van der Waals surface area (Å²) < 4.78 is 0. The number of hydrogen-bond acceptors (Lipinski definition) is 2. The molecule has 30 heavy (non-hydrogen) atoms. The van der Waals surface area contributed by atoms with Gasteiger partial charge in [-0.2, -0.15) is 0 Å². The summed E-state index contributed by atoms with van der Waals surface area (Å²) in [5, 5.41) is 0. The molecule has 2 nitrogen and oxygen atoms in total. The van der Waals surface area contributed by atoms with Gasteiger partial charge in [0.1, 0.15) is 0 Å². The van der Waals surface area contributed by atoms with Crippen molar-refractivity contribution in [2.75, 3.05) is 19.6 Å². The zero-order valence-corrected chi connectivity index (χ0v) is 24.3. The Labute approximate surface area is 193 Å². The Morgan fingerprint density at radius 3 is 1.27 bits per heavy atom. The smallest absolute Gasteiger partial charge is 0.0149 e. The molecule has 2 aliphatic heterocycles. The van der Waals surface area contributed by atoms with Crippen molar-refractivity contribution < 1.29 is 0 Å². The standard InChI is InChI=1S/2C12H25N.2C2H6/c1-11(2,3)10-7-8-13(9-10)12(4,5)6;1-11(2,3)10-8-7-9-13(10)12(4,5)6;2*1-2/h2*10H,7-9H2,1-6H3;2*1-2H3. The molecule has 2 unspecified atom stereocenters. The van der Waals surface area contributed by atoms with Crippen molar-refractivity contribution in [2.45, 2.75) is 147 Å². The lowest BCUT2D eigenvalue weighted by Gasteiger charge is -2.43. The van der Waals surface area contributed by atoms with Crippen molar-refractivity contribution in [1.29, 1.82) is 0 Å². The van der Waals surface area contributed by atoms with E-state index in [1.165, 1.54) is 38.9 Å². The van der Waals surface area contributed by atoms with E-state index in [0.29, 0.717) is 21.9 Å². The molecule has 2 fully saturated rings. The molecule has 184 valence electrons. The average molecular weight is 427 g/mol. The van der Waals surface area contributed by atoms with Crippen LogP contribution in [0, 0.1) is 16.7 Å². The topological polar surface area (TPSA) is 6.48 Å². The normalized spacial score (nSPS) is 23.6. The SMILES string of the molecule is CC.CC.CC(C)(C)C1CCCN1C(C)(C)C.CC(C)(C)C1CCN(C(C)(C)C)C1. The fourth-order valence-corrected chi connectivity index (χ4v) is 4.55. The highest BCUT2D eigenvalue weighted by Gasteiger charge is 2.39. The predicted molar refractivity (Wildman–Crippen MR) is 141 cm³/mol. The highest BCUT2D eigenvalue weighted by molar-refractivity contribution is 4.94. The summed E-state index contributed by atoms with van der Waals surface area (Å²) in [6.07, 6.45) is 4.13. The second-order valence-corrected chi connectivity index (χ2v) is 12.9. The molecule has 0 radical (unpaired) electrons. The Kier molecular flexibility index (Phi) is 13.7. The lowest BCUT2D eigenvalue weighted by atomic mass is 9.80. The molecule has 0 N–H and O–H groups in total. The molecule has 0 spiro atoms. The van der Waals surface area contributed by atoms with Gasteiger partial charge in [-0.15, -0.1) is 0 Å². The predicted octanol–water partition coefficient (Wildman–Crippen LogP) is 8.50. The Morgan fingerprint density at radius 1 is 0.567 bits per heavy atom. The Hall–Kier alpha value is -0.0800. The van der Waals surface area contributed by atoms with E-state index < -0.39 is 0 Å². The summed E-state index contributed by atoms with van der Waals surface area (Å²) in [6, 6.07) is 0.771. The zero-order chi connectivity index (χ0) is 24.6. The minimum absolute atomic E-state index is 0.342. The quantitative estimate of drug-likeness (QED) is 0.383. The van der Waals surface area contributed by atoms with Gasteiger partial charge < -0.3 is 0 Å². The van der Waals surface area contributed by atoms with Gasteiger partial charge in [-0.05, 0) is 90.6 Å². The van der Waals surface area contributed by atoms with Crippen molar-refractivity contribution >= 4 is 0 Å². The second kappa shape index (κ2) is 12.8. The van der Waals surface area contributed by atoms with Gasteiger partial charge in [-0.1, -0.05) is 69.2 Å². The molecule has 0 aliphatic carbocycles. The number of rotatable bonds is 0. The Bertz CT molecular complexity index is 386. The Balaban J connectivity index is 0. The van der Waals surface area contributed by atoms with Gasteiger partial charge in [0.2, 0.25) is 0 Å². The molecule has 0 amide bonds. The summed E-state index contributed by atoms with van der Waals surface area (Å²) in [6.45, 7) is 40.0. The molecule has 0 bridgehead atoms. The molecule has 2 heterocycles. The number of likely N-dealkylation sites (tertiary alicyclic amines) is 2. The van der Waals surface area contributed by atoms with Gasteiger partial charge in [-0.3, -0.25) is 9.80 Å². The van der Waals surface area contributed by atoms with E-state index in [-0.39, 0.29) is 0 Å². The van der Waals surface area contributed by atoms with Gasteiger partial charge >= 0.3 is 0 Å². The van der Waals surface area contributed by atoms with E-state index in [1.807, 2.05) is 27.7 Å². The van der Waals surface area contributed by atoms with Crippen molar-refractivity contribution in [3.05, 3.63) is 0 Å². The molecule has 2 saturated heterocycles. The molecule has 0 aromatic carbocycles. The first-order chi connectivity index (χ1) is 13.4. The largest absolute Gasteiger partial charge is 0.298 e. The zero-order valence-electron chi connectivity index (χ0n) is 24.3. The highest BCUT2D eigenvalue weighted by atomic mass is 15.2. The van der Waals surface area contributed by atoms with Gasteiger partial charge in [0.25, 0.3) is 0 Å². The summed E-state index contributed by atoms with van der Waals surface area (Å²) in [4.78, 5) is 5.29. The van der Waals surface area contributed by atoms with E-state index >= 15 is 0 Å². The van der Waals surface area contributed by atoms with Crippen molar-refractivity contribution in [3.63, 3.8) is 0 Å². The third-order valence-corrected chi connectivity index (χ3v) is 6.48. The summed E-state index contributed by atoms with van der Waals surface area (Å²) in [5.41, 5.74) is 1.62. The first-order valence-electron chi connectivity index (χ1n) is 13.0. The van der Waals surface area contributed by atoms with Crippen LogP contribution in [0.15, 0.2) is 0 Å².